The van der Waals surface area contributed by atoms with Crippen molar-refractivity contribution in [1.29, 1.82) is 0 Å². The van der Waals surface area contributed by atoms with Crippen LogP contribution in [0.15, 0.2) is 30.7 Å². The lowest BCUT2D eigenvalue weighted by Gasteiger charge is -2.02. The number of rotatable bonds is 5. The molecule has 0 radical (unpaired) electrons. The normalized spacial score (nSPS) is 10.6. The first-order valence-corrected chi connectivity index (χ1v) is 6.24. The molecule has 2 aromatic rings. The Bertz CT molecular complexity index is 430. The molecule has 0 saturated carbocycles. The molecule has 2 aromatic heterocycles. The first-order chi connectivity index (χ1) is 7.84. The van der Waals surface area contributed by atoms with Gasteiger partial charge in [0.15, 0.2) is 0 Å². The molecule has 3 nitrogen and oxygen atoms in total. The van der Waals surface area contributed by atoms with E-state index in [4.69, 9.17) is 11.6 Å². The molecule has 0 aromatic carbocycles. The van der Waals surface area contributed by atoms with Gasteiger partial charge in [0.25, 0.3) is 0 Å². The number of hydrogen-bond donors (Lipinski definition) is 1. The van der Waals surface area contributed by atoms with Crippen LogP contribution in [-0.2, 0) is 13.0 Å². The highest BCUT2D eigenvalue weighted by Crippen LogP contribution is 2.21. The minimum Gasteiger partial charge on any atom is -0.311 e. The first kappa shape index (κ1) is 11.5. The van der Waals surface area contributed by atoms with Crippen molar-refractivity contribution in [3.05, 3.63) is 45.6 Å². The number of hydrogen-bond acceptors (Lipinski definition) is 4. The van der Waals surface area contributed by atoms with Gasteiger partial charge in [-0.25, -0.2) is 0 Å². The molecule has 0 aliphatic carbocycles. The summed E-state index contributed by atoms with van der Waals surface area (Å²) in [5.41, 5.74) is 0.965. The monoisotopic (exact) mass is 253 g/mol. The summed E-state index contributed by atoms with van der Waals surface area (Å²) < 4.78 is 0.851. The van der Waals surface area contributed by atoms with E-state index in [-0.39, 0.29) is 0 Å². The molecule has 2 heterocycles. The smallest absolute Gasteiger partial charge is 0.0931 e. The lowest BCUT2D eigenvalue weighted by atomic mass is 10.3. The number of halogens is 1. The van der Waals surface area contributed by atoms with Crippen molar-refractivity contribution in [2.75, 3.05) is 6.54 Å². The van der Waals surface area contributed by atoms with Crippen LogP contribution in [0.2, 0.25) is 4.34 Å². The lowest BCUT2D eigenvalue weighted by molar-refractivity contribution is 0.675. The van der Waals surface area contributed by atoms with Crippen LogP contribution < -0.4 is 5.32 Å². The fourth-order valence-corrected chi connectivity index (χ4v) is 2.42. The highest BCUT2D eigenvalue weighted by atomic mass is 35.5. The molecule has 0 aliphatic rings. The maximum absolute atomic E-state index is 5.85. The maximum Gasteiger partial charge on any atom is 0.0931 e. The third kappa shape index (κ3) is 3.56. The molecule has 16 heavy (non-hydrogen) atoms. The van der Waals surface area contributed by atoms with Gasteiger partial charge in [0, 0.05) is 36.6 Å². The second-order valence-corrected chi connectivity index (χ2v) is 5.13. The minimum atomic E-state index is 0.757. The van der Waals surface area contributed by atoms with Crippen LogP contribution in [0.3, 0.4) is 0 Å². The molecule has 2 rings (SSSR count). The molecule has 0 bridgehead atoms. The van der Waals surface area contributed by atoms with Gasteiger partial charge in [0.2, 0.25) is 0 Å². The number of nitrogens with zero attached hydrogens (tertiary/aromatic N) is 2. The molecule has 0 saturated heterocycles. The van der Waals surface area contributed by atoms with E-state index >= 15 is 0 Å². The van der Waals surface area contributed by atoms with Crippen LogP contribution in [0.4, 0.5) is 0 Å². The van der Waals surface area contributed by atoms with Crippen molar-refractivity contribution in [3.63, 3.8) is 0 Å². The SMILES string of the molecule is Clc1ccc(CCNCc2cnccn2)s1. The third-order valence-electron chi connectivity index (χ3n) is 2.10. The van der Waals surface area contributed by atoms with Gasteiger partial charge in [-0.1, -0.05) is 11.6 Å². The fourth-order valence-electron chi connectivity index (χ4n) is 1.34. The number of thiophene rings is 1. The summed E-state index contributed by atoms with van der Waals surface area (Å²) in [5.74, 6) is 0. The Labute approximate surface area is 104 Å². The van der Waals surface area contributed by atoms with Gasteiger partial charge in [0.1, 0.15) is 0 Å². The number of nitrogens with one attached hydrogen (secondary N) is 1. The Balaban J connectivity index is 1.69. The predicted molar refractivity (Wildman–Crippen MR) is 66.8 cm³/mol. The van der Waals surface area contributed by atoms with Crippen molar-refractivity contribution in [3.8, 4) is 0 Å². The number of aromatic nitrogens is 2. The summed E-state index contributed by atoms with van der Waals surface area (Å²) in [6.45, 7) is 1.68. The van der Waals surface area contributed by atoms with Crippen molar-refractivity contribution >= 4 is 22.9 Å². The maximum atomic E-state index is 5.85. The van der Waals surface area contributed by atoms with Gasteiger partial charge >= 0.3 is 0 Å². The largest absolute Gasteiger partial charge is 0.311 e. The van der Waals surface area contributed by atoms with Crippen molar-refractivity contribution < 1.29 is 0 Å². The Morgan fingerprint density at radius 3 is 2.94 bits per heavy atom. The van der Waals surface area contributed by atoms with E-state index in [0.717, 1.165) is 29.5 Å². The Kier molecular flexibility index (Phi) is 4.27. The molecule has 5 heteroatoms. The van der Waals surface area contributed by atoms with Crippen molar-refractivity contribution in [2.45, 2.75) is 13.0 Å². The Hall–Kier alpha value is -0.970. The first-order valence-electron chi connectivity index (χ1n) is 5.04. The second-order valence-electron chi connectivity index (χ2n) is 3.33. The predicted octanol–water partition coefficient (Wildman–Crippen LogP) is 2.52. The molecular formula is C11H12ClN3S. The highest BCUT2D eigenvalue weighted by molar-refractivity contribution is 7.16. The van der Waals surface area contributed by atoms with E-state index in [1.807, 2.05) is 6.07 Å². The summed E-state index contributed by atoms with van der Waals surface area (Å²) in [4.78, 5) is 9.49. The Morgan fingerprint density at radius 2 is 2.25 bits per heavy atom. The summed E-state index contributed by atoms with van der Waals surface area (Å²) >= 11 is 7.48. The second kappa shape index (κ2) is 5.94. The molecule has 1 N–H and O–H groups in total. The van der Waals surface area contributed by atoms with Gasteiger partial charge in [-0.05, 0) is 18.6 Å². The van der Waals surface area contributed by atoms with Gasteiger partial charge in [-0.15, -0.1) is 11.3 Å². The minimum absolute atomic E-state index is 0.757. The van der Waals surface area contributed by atoms with Crippen LogP contribution in [0.1, 0.15) is 10.6 Å². The molecular weight excluding hydrogens is 242 g/mol. The molecule has 0 spiro atoms. The summed E-state index contributed by atoms with van der Waals surface area (Å²) in [5, 5.41) is 3.32. The summed E-state index contributed by atoms with van der Waals surface area (Å²) in [6, 6.07) is 4.00. The molecule has 0 fully saturated rings. The van der Waals surface area contributed by atoms with Crippen LogP contribution in [-0.4, -0.2) is 16.5 Å². The topological polar surface area (TPSA) is 37.8 Å². The van der Waals surface area contributed by atoms with Crippen LogP contribution in [0, 0.1) is 0 Å². The van der Waals surface area contributed by atoms with Gasteiger partial charge in [0.05, 0.1) is 10.0 Å². The van der Waals surface area contributed by atoms with Crippen molar-refractivity contribution in [2.24, 2.45) is 0 Å². The van der Waals surface area contributed by atoms with E-state index in [1.165, 1.54) is 4.88 Å². The Morgan fingerprint density at radius 1 is 1.31 bits per heavy atom. The van der Waals surface area contributed by atoms with E-state index < -0.39 is 0 Å². The van der Waals surface area contributed by atoms with Crippen LogP contribution in [0.5, 0.6) is 0 Å². The van der Waals surface area contributed by atoms with E-state index in [2.05, 4.69) is 21.4 Å². The molecule has 0 unspecified atom stereocenters. The zero-order valence-corrected chi connectivity index (χ0v) is 10.3. The summed E-state index contributed by atoms with van der Waals surface area (Å²) in [7, 11) is 0. The zero-order valence-electron chi connectivity index (χ0n) is 8.69. The molecule has 0 atom stereocenters. The third-order valence-corrected chi connectivity index (χ3v) is 3.39. The highest BCUT2D eigenvalue weighted by Gasteiger charge is 1.98. The lowest BCUT2D eigenvalue weighted by Crippen LogP contribution is -2.17. The zero-order chi connectivity index (χ0) is 11.2. The summed E-state index contributed by atoms with van der Waals surface area (Å²) in [6.07, 6.45) is 6.15. The van der Waals surface area contributed by atoms with Gasteiger partial charge < -0.3 is 5.32 Å². The average molecular weight is 254 g/mol. The fraction of sp³-hybridized carbons (Fsp3) is 0.273. The molecule has 84 valence electrons. The van der Waals surface area contributed by atoms with E-state index in [0.29, 0.717) is 0 Å². The average Bonchev–Trinajstić information content (AvgIpc) is 2.72. The van der Waals surface area contributed by atoms with Gasteiger partial charge in [-0.3, -0.25) is 9.97 Å². The quantitative estimate of drug-likeness (QED) is 0.833. The molecule has 0 aliphatic heterocycles. The molecule has 0 amide bonds. The van der Waals surface area contributed by atoms with E-state index in [1.54, 1.807) is 29.9 Å². The van der Waals surface area contributed by atoms with E-state index in [9.17, 15) is 0 Å². The van der Waals surface area contributed by atoms with Crippen LogP contribution in [0.25, 0.3) is 0 Å². The van der Waals surface area contributed by atoms with Crippen LogP contribution >= 0.6 is 22.9 Å². The van der Waals surface area contributed by atoms with Crippen molar-refractivity contribution in [1.82, 2.24) is 15.3 Å². The standard InChI is InChI=1S/C11H12ClN3S/c12-11-2-1-10(16-11)3-4-13-7-9-8-14-5-6-15-9/h1-2,5-6,8,13H,3-4,7H2. The van der Waals surface area contributed by atoms with Gasteiger partial charge in [-0.2, -0.15) is 0 Å².